The molecule has 1 unspecified atom stereocenters. The number of hydrogen-bond donors (Lipinski definition) is 3. The van der Waals surface area contributed by atoms with Crippen LogP contribution in [0.3, 0.4) is 0 Å². The molecule has 3 atom stereocenters. The average Bonchev–Trinajstić information content (AvgIpc) is 2.79. The van der Waals surface area contributed by atoms with E-state index in [1.165, 1.54) is 17.7 Å². The van der Waals surface area contributed by atoms with Crippen molar-refractivity contribution in [1.82, 2.24) is 10.2 Å². The highest BCUT2D eigenvalue weighted by Crippen LogP contribution is 2.20. The van der Waals surface area contributed by atoms with Crippen molar-refractivity contribution in [3.63, 3.8) is 0 Å². The third kappa shape index (κ3) is 3.67. The summed E-state index contributed by atoms with van der Waals surface area (Å²) in [6, 6.07) is -0.490. The van der Waals surface area contributed by atoms with Gasteiger partial charge in [-0.15, -0.1) is 0 Å². The fourth-order valence-corrected chi connectivity index (χ4v) is 2.94. The van der Waals surface area contributed by atoms with Gasteiger partial charge in [-0.25, -0.2) is 4.79 Å². The topological polar surface area (TPSA) is 89.9 Å². The molecule has 0 aromatic rings. The first-order chi connectivity index (χ1) is 9.08. The van der Waals surface area contributed by atoms with Crippen LogP contribution in [-0.4, -0.2) is 58.3 Å². The zero-order valence-electron chi connectivity index (χ0n) is 11.0. The number of nitrogens with zero attached hydrogens (tertiary/aromatic N) is 1. The molecule has 0 spiro atoms. The Morgan fingerprint density at radius 1 is 1.32 bits per heavy atom. The minimum atomic E-state index is -1.03. The van der Waals surface area contributed by atoms with Crippen LogP contribution >= 0.6 is 0 Å². The summed E-state index contributed by atoms with van der Waals surface area (Å²) in [5, 5.41) is 21.9. The van der Waals surface area contributed by atoms with Gasteiger partial charge < -0.3 is 20.4 Å². The molecule has 1 amide bonds. The van der Waals surface area contributed by atoms with Crippen LogP contribution in [-0.2, 0) is 9.59 Å². The van der Waals surface area contributed by atoms with Gasteiger partial charge in [-0.2, -0.15) is 0 Å². The largest absolute Gasteiger partial charge is 0.480 e. The van der Waals surface area contributed by atoms with Crippen LogP contribution in [0.5, 0.6) is 0 Å². The van der Waals surface area contributed by atoms with Crippen LogP contribution < -0.4 is 5.32 Å². The van der Waals surface area contributed by atoms with Crippen LogP contribution in [0.2, 0.25) is 0 Å². The summed E-state index contributed by atoms with van der Waals surface area (Å²) in [6.07, 6.45) is 3.99. The third-order valence-corrected chi connectivity index (χ3v) is 4.00. The van der Waals surface area contributed by atoms with E-state index in [1.807, 2.05) is 0 Å². The average molecular weight is 270 g/mol. The van der Waals surface area contributed by atoms with Crippen molar-refractivity contribution >= 4 is 11.9 Å². The monoisotopic (exact) mass is 270 g/mol. The Kier molecular flexibility index (Phi) is 4.76. The molecule has 0 aromatic carbocycles. The SMILES string of the molecule is O=C(O)[C@@H]1C[C@@H](O)CN1C(=O)CCC1CCCCN1. The Bertz CT molecular complexity index is 342. The fourth-order valence-electron chi connectivity index (χ4n) is 2.94. The van der Waals surface area contributed by atoms with Crippen molar-refractivity contribution in [3.05, 3.63) is 0 Å². The van der Waals surface area contributed by atoms with Crippen LogP contribution in [0, 0.1) is 0 Å². The fraction of sp³-hybridized carbons (Fsp3) is 0.846. The van der Waals surface area contributed by atoms with Crippen LogP contribution in [0.1, 0.15) is 38.5 Å². The first kappa shape index (κ1) is 14.3. The maximum atomic E-state index is 12.1. The number of carbonyl (C=O) groups excluding carboxylic acids is 1. The predicted molar refractivity (Wildman–Crippen MR) is 68.6 cm³/mol. The van der Waals surface area contributed by atoms with E-state index in [9.17, 15) is 14.7 Å². The van der Waals surface area contributed by atoms with E-state index >= 15 is 0 Å². The van der Waals surface area contributed by atoms with Crippen LogP contribution in [0.15, 0.2) is 0 Å². The van der Waals surface area contributed by atoms with Crippen molar-refractivity contribution in [3.8, 4) is 0 Å². The van der Waals surface area contributed by atoms with E-state index in [2.05, 4.69) is 5.32 Å². The highest BCUT2D eigenvalue weighted by atomic mass is 16.4. The van der Waals surface area contributed by atoms with Gasteiger partial charge in [0.2, 0.25) is 5.91 Å². The number of hydrogen-bond acceptors (Lipinski definition) is 4. The molecule has 0 bridgehead atoms. The van der Waals surface area contributed by atoms with Gasteiger partial charge in [0.1, 0.15) is 6.04 Å². The van der Waals surface area contributed by atoms with Gasteiger partial charge in [0.25, 0.3) is 0 Å². The first-order valence-electron chi connectivity index (χ1n) is 7.01. The number of aliphatic hydroxyl groups excluding tert-OH is 1. The molecule has 0 radical (unpaired) electrons. The summed E-state index contributed by atoms with van der Waals surface area (Å²) in [5.74, 6) is -1.18. The summed E-state index contributed by atoms with van der Waals surface area (Å²) in [5.41, 5.74) is 0. The molecule has 6 nitrogen and oxygen atoms in total. The number of piperidine rings is 1. The van der Waals surface area contributed by atoms with Gasteiger partial charge in [-0.3, -0.25) is 4.79 Å². The Hall–Kier alpha value is -1.14. The van der Waals surface area contributed by atoms with Crippen molar-refractivity contribution in [1.29, 1.82) is 0 Å². The molecule has 108 valence electrons. The van der Waals surface area contributed by atoms with Gasteiger partial charge in [0, 0.05) is 25.4 Å². The van der Waals surface area contributed by atoms with Crippen LogP contribution in [0.4, 0.5) is 0 Å². The van der Waals surface area contributed by atoms with Gasteiger partial charge in [-0.05, 0) is 25.8 Å². The lowest BCUT2D eigenvalue weighted by atomic mass is 10.0. The zero-order chi connectivity index (χ0) is 13.8. The highest BCUT2D eigenvalue weighted by Gasteiger charge is 2.38. The molecule has 2 aliphatic heterocycles. The van der Waals surface area contributed by atoms with Crippen molar-refractivity contribution in [2.24, 2.45) is 0 Å². The van der Waals surface area contributed by atoms with Gasteiger partial charge in [-0.1, -0.05) is 6.42 Å². The minimum absolute atomic E-state index is 0.142. The lowest BCUT2D eigenvalue weighted by Crippen LogP contribution is -2.41. The molecule has 6 heteroatoms. The standard InChI is InChI=1S/C13H22N2O4/c16-10-7-11(13(18)19)15(8-10)12(17)5-4-9-3-1-2-6-14-9/h9-11,14,16H,1-8H2,(H,18,19)/t9?,10-,11+/m1/s1. The summed E-state index contributed by atoms with van der Waals surface area (Å²) in [6.45, 7) is 1.15. The molecular weight excluding hydrogens is 248 g/mol. The van der Waals surface area contributed by atoms with Crippen molar-refractivity contribution < 1.29 is 19.8 Å². The molecular formula is C13H22N2O4. The second-order valence-electron chi connectivity index (χ2n) is 5.48. The van der Waals surface area contributed by atoms with E-state index in [1.54, 1.807) is 0 Å². The molecule has 0 aromatic heterocycles. The third-order valence-electron chi connectivity index (χ3n) is 4.00. The number of carboxylic acid groups (broad SMARTS) is 1. The van der Waals surface area contributed by atoms with Gasteiger partial charge in [0.05, 0.1) is 6.10 Å². The lowest BCUT2D eigenvalue weighted by Gasteiger charge is -2.25. The number of amides is 1. The number of likely N-dealkylation sites (tertiary alicyclic amines) is 1. The minimum Gasteiger partial charge on any atom is -0.480 e. The van der Waals surface area contributed by atoms with E-state index in [0.717, 1.165) is 19.4 Å². The molecule has 2 aliphatic rings. The quantitative estimate of drug-likeness (QED) is 0.666. The predicted octanol–water partition coefficient (Wildman–Crippen LogP) is -0.0449. The van der Waals surface area contributed by atoms with E-state index < -0.39 is 18.1 Å². The lowest BCUT2D eigenvalue weighted by molar-refractivity contribution is -0.148. The van der Waals surface area contributed by atoms with E-state index in [-0.39, 0.29) is 18.9 Å². The van der Waals surface area contributed by atoms with Crippen molar-refractivity contribution in [2.75, 3.05) is 13.1 Å². The summed E-state index contributed by atoms with van der Waals surface area (Å²) in [7, 11) is 0. The highest BCUT2D eigenvalue weighted by molar-refractivity contribution is 5.84. The van der Waals surface area contributed by atoms with Gasteiger partial charge in [0.15, 0.2) is 0 Å². The molecule has 2 rings (SSSR count). The summed E-state index contributed by atoms with van der Waals surface area (Å²) >= 11 is 0. The second kappa shape index (κ2) is 6.34. The number of β-amino-alcohol motifs (C(OH)–C–C–N with tert-alkyl or cyclic N) is 1. The first-order valence-corrected chi connectivity index (χ1v) is 7.01. The number of aliphatic carboxylic acids is 1. The maximum Gasteiger partial charge on any atom is 0.326 e. The Morgan fingerprint density at radius 3 is 2.74 bits per heavy atom. The molecule has 2 saturated heterocycles. The van der Waals surface area contributed by atoms with Crippen LogP contribution in [0.25, 0.3) is 0 Å². The van der Waals surface area contributed by atoms with Gasteiger partial charge >= 0.3 is 5.97 Å². The Morgan fingerprint density at radius 2 is 2.11 bits per heavy atom. The second-order valence-corrected chi connectivity index (χ2v) is 5.48. The summed E-state index contributed by atoms with van der Waals surface area (Å²) < 4.78 is 0. The number of carbonyl (C=O) groups is 2. The normalized spacial score (nSPS) is 31.4. The number of carboxylic acids is 1. The number of aliphatic hydroxyl groups is 1. The molecule has 0 saturated carbocycles. The molecule has 19 heavy (non-hydrogen) atoms. The number of nitrogens with one attached hydrogen (secondary N) is 1. The molecule has 0 aliphatic carbocycles. The number of rotatable bonds is 4. The van der Waals surface area contributed by atoms with E-state index in [4.69, 9.17) is 5.11 Å². The molecule has 2 fully saturated rings. The zero-order valence-corrected chi connectivity index (χ0v) is 11.0. The summed E-state index contributed by atoms with van der Waals surface area (Å²) in [4.78, 5) is 24.4. The molecule has 2 heterocycles. The van der Waals surface area contributed by atoms with E-state index in [0.29, 0.717) is 12.5 Å². The van der Waals surface area contributed by atoms with Crippen molar-refractivity contribution in [2.45, 2.75) is 56.7 Å². The Balaban J connectivity index is 1.82. The maximum absolute atomic E-state index is 12.1. The smallest absolute Gasteiger partial charge is 0.326 e. The molecule has 3 N–H and O–H groups in total. The Labute approximate surface area is 112 Å².